The van der Waals surface area contributed by atoms with Gasteiger partial charge in [0.2, 0.25) is 0 Å². The second-order valence-corrected chi connectivity index (χ2v) is 5.09. The van der Waals surface area contributed by atoms with Gasteiger partial charge in [-0.25, -0.2) is 9.97 Å². The molecule has 18 heavy (non-hydrogen) atoms. The zero-order valence-electron chi connectivity index (χ0n) is 10.7. The lowest BCUT2D eigenvalue weighted by Gasteiger charge is -2.11. The highest BCUT2D eigenvalue weighted by Gasteiger charge is 2.11. The molecule has 0 aliphatic heterocycles. The van der Waals surface area contributed by atoms with Crippen molar-refractivity contribution >= 4 is 28.4 Å². The fourth-order valence-electron chi connectivity index (χ4n) is 1.66. The highest BCUT2D eigenvalue weighted by Crippen LogP contribution is 2.24. The Morgan fingerprint density at radius 2 is 2.06 bits per heavy atom. The molecule has 0 fully saturated rings. The van der Waals surface area contributed by atoms with E-state index in [0.717, 1.165) is 38.6 Å². The summed E-state index contributed by atoms with van der Waals surface area (Å²) in [7, 11) is 0. The van der Waals surface area contributed by atoms with E-state index in [0.29, 0.717) is 0 Å². The van der Waals surface area contributed by atoms with Crippen molar-refractivity contribution < 1.29 is 0 Å². The fraction of sp³-hybridized carbons (Fsp3) is 0.308. The Labute approximate surface area is 120 Å². The summed E-state index contributed by atoms with van der Waals surface area (Å²) < 4.78 is 1.07. The van der Waals surface area contributed by atoms with E-state index in [1.54, 1.807) is 6.20 Å². The van der Waals surface area contributed by atoms with E-state index in [1.165, 1.54) is 0 Å². The maximum absolute atomic E-state index is 4.58. The van der Waals surface area contributed by atoms with Gasteiger partial charge in [0.05, 0.1) is 9.26 Å². The maximum atomic E-state index is 4.58. The third-order valence-corrected chi connectivity index (χ3v) is 3.93. The molecule has 2 aromatic rings. The monoisotopic (exact) mass is 354 g/mol. The standard InChI is InChI=1S/C13H15IN4/c1-4-16-13-11(14)9(3)17-12(18-13)10-7-15-6-5-8(10)2/h5-7H,4H2,1-3H3,(H,16,17,18). The zero-order valence-corrected chi connectivity index (χ0v) is 12.8. The van der Waals surface area contributed by atoms with Crippen molar-refractivity contribution in [2.45, 2.75) is 20.8 Å². The van der Waals surface area contributed by atoms with Crippen molar-refractivity contribution in [3.63, 3.8) is 0 Å². The highest BCUT2D eigenvalue weighted by molar-refractivity contribution is 14.1. The molecule has 0 unspecified atom stereocenters. The minimum atomic E-state index is 0.731. The van der Waals surface area contributed by atoms with E-state index in [-0.39, 0.29) is 0 Å². The van der Waals surface area contributed by atoms with E-state index in [9.17, 15) is 0 Å². The van der Waals surface area contributed by atoms with Crippen molar-refractivity contribution in [1.82, 2.24) is 15.0 Å². The van der Waals surface area contributed by atoms with Crippen LogP contribution in [-0.4, -0.2) is 21.5 Å². The predicted molar refractivity (Wildman–Crippen MR) is 81.6 cm³/mol. The van der Waals surface area contributed by atoms with E-state index >= 15 is 0 Å². The van der Waals surface area contributed by atoms with Crippen LogP contribution in [0.5, 0.6) is 0 Å². The number of aryl methyl sites for hydroxylation is 2. The number of halogens is 1. The lowest BCUT2D eigenvalue weighted by Crippen LogP contribution is -2.06. The lowest BCUT2D eigenvalue weighted by atomic mass is 10.1. The molecule has 0 spiro atoms. The Hall–Kier alpha value is -1.24. The third-order valence-electron chi connectivity index (χ3n) is 2.64. The van der Waals surface area contributed by atoms with Crippen LogP contribution in [-0.2, 0) is 0 Å². The first-order valence-corrected chi connectivity index (χ1v) is 6.90. The summed E-state index contributed by atoms with van der Waals surface area (Å²) in [5, 5.41) is 3.27. The van der Waals surface area contributed by atoms with Crippen molar-refractivity contribution in [1.29, 1.82) is 0 Å². The zero-order chi connectivity index (χ0) is 13.1. The number of nitrogens with one attached hydrogen (secondary N) is 1. The Morgan fingerprint density at radius 3 is 2.72 bits per heavy atom. The second-order valence-electron chi connectivity index (χ2n) is 4.02. The average Bonchev–Trinajstić information content (AvgIpc) is 2.35. The van der Waals surface area contributed by atoms with Crippen LogP contribution in [0, 0.1) is 17.4 Å². The van der Waals surface area contributed by atoms with Crippen molar-refractivity contribution in [3.8, 4) is 11.4 Å². The summed E-state index contributed by atoms with van der Waals surface area (Å²) in [6, 6.07) is 1.97. The van der Waals surface area contributed by atoms with Crippen LogP contribution in [0.4, 0.5) is 5.82 Å². The van der Waals surface area contributed by atoms with Crippen LogP contribution in [0.1, 0.15) is 18.2 Å². The Bertz CT molecular complexity index is 569. The topological polar surface area (TPSA) is 50.7 Å². The number of aromatic nitrogens is 3. The number of pyridine rings is 1. The summed E-state index contributed by atoms with van der Waals surface area (Å²) in [5.41, 5.74) is 3.10. The second kappa shape index (κ2) is 5.60. The van der Waals surface area contributed by atoms with Gasteiger partial charge >= 0.3 is 0 Å². The SMILES string of the molecule is CCNc1nc(-c2cnccc2C)nc(C)c1I. The van der Waals surface area contributed by atoms with E-state index in [4.69, 9.17) is 0 Å². The van der Waals surface area contributed by atoms with Crippen molar-refractivity contribution in [2.24, 2.45) is 0 Å². The number of anilines is 1. The van der Waals surface area contributed by atoms with Gasteiger partial charge in [0.15, 0.2) is 5.82 Å². The number of nitrogens with zero attached hydrogens (tertiary/aromatic N) is 3. The molecule has 0 atom stereocenters. The van der Waals surface area contributed by atoms with Crippen LogP contribution < -0.4 is 5.32 Å². The van der Waals surface area contributed by atoms with Crippen LogP contribution >= 0.6 is 22.6 Å². The number of hydrogen-bond acceptors (Lipinski definition) is 4. The van der Waals surface area contributed by atoms with Gasteiger partial charge < -0.3 is 5.32 Å². The van der Waals surface area contributed by atoms with Crippen LogP contribution in [0.25, 0.3) is 11.4 Å². The van der Waals surface area contributed by atoms with Gasteiger partial charge in [-0.15, -0.1) is 0 Å². The largest absolute Gasteiger partial charge is 0.369 e. The molecule has 5 heteroatoms. The smallest absolute Gasteiger partial charge is 0.163 e. The molecular weight excluding hydrogens is 339 g/mol. The Morgan fingerprint density at radius 1 is 1.28 bits per heavy atom. The molecular formula is C13H15IN4. The van der Waals surface area contributed by atoms with Crippen LogP contribution in [0.15, 0.2) is 18.5 Å². The van der Waals surface area contributed by atoms with Gasteiger partial charge in [-0.05, 0) is 55.0 Å². The van der Waals surface area contributed by atoms with Crippen LogP contribution in [0.3, 0.4) is 0 Å². The van der Waals surface area contributed by atoms with Gasteiger partial charge in [-0.2, -0.15) is 0 Å². The molecule has 0 aromatic carbocycles. The van der Waals surface area contributed by atoms with Gasteiger partial charge in [0.1, 0.15) is 5.82 Å². The summed E-state index contributed by atoms with van der Waals surface area (Å²) in [5.74, 6) is 1.62. The highest BCUT2D eigenvalue weighted by atomic mass is 127. The molecule has 0 bridgehead atoms. The molecule has 0 aliphatic rings. The minimum absolute atomic E-state index is 0.731. The predicted octanol–water partition coefficient (Wildman–Crippen LogP) is 3.19. The first kappa shape index (κ1) is 13.2. The maximum Gasteiger partial charge on any atom is 0.163 e. The molecule has 0 saturated carbocycles. The minimum Gasteiger partial charge on any atom is -0.369 e. The summed E-state index contributed by atoms with van der Waals surface area (Å²) in [4.78, 5) is 13.3. The average molecular weight is 354 g/mol. The Balaban J connectivity index is 2.56. The molecule has 0 amide bonds. The van der Waals surface area contributed by atoms with Crippen LogP contribution in [0.2, 0.25) is 0 Å². The van der Waals surface area contributed by atoms with E-state index in [2.05, 4.69) is 49.8 Å². The number of hydrogen-bond donors (Lipinski definition) is 1. The molecule has 2 aromatic heterocycles. The summed E-state index contributed by atoms with van der Waals surface area (Å²) in [6.07, 6.45) is 3.59. The first-order chi connectivity index (χ1) is 8.63. The molecule has 2 heterocycles. The molecule has 0 aliphatic carbocycles. The molecule has 1 N–H and O–H groups in total. The molecule has 94 valence electrons. The quantitative estimate of drug-likeness (QED) is 0.861. The molecule has 2 rings (SSSR count). The number of rotatable bonds is 3. The fourth-order valence-corrected chi connectivity index (χ4v) is 2.09. The van der Waals surface area contributed by atoms with Crippen molar-refractivity contribution in [2.75, 3.05) is 11.9 Å². The Kier molecular flexibility index (Phi) is 4.11. The van der Waals surface area contributed by atoms with Gasteiger partial charge in [0, 0.05) is 24.5 Å². The summed E-state index contributed by atoms with van der Waals surface area (Å²) >= 11 is 2.27. The van der Waals surface area contributed by atoms with Crippen molar-refractivity contribution in [3.05, 3.63) is 33.3 Å². The van der Waals surface area contributed by atoms with Gasteiger partial charge in [-0.1, -0.05) is 0 Å². The molecule has 0 radical (unpaired) electrons. The molecule has 0 saturated heterocycles. The van der Waals surface area contributed by atoms with Gasteiger partial charge in [0.25, 0.3) is 0 Å². The lowest BCUT2D eigenvalue weighted by molar-refractivity contribution is 1.06. The van der Waals surface area contributed by atoms with Gasteiger partial charge in [-0.3, -0.25) is 4.98 Å². The van der Waals surface area contributed by atoms with E-state index < -0.39 is 0 Å². The molecule has 4 nitrogen and oxygen atoms in total. The normalized spacial score (nSPS) is 10.4. The summed E-state index contributed by atoms with van der Waals surface area (Å²) in [6.45, 7) is 6.94. The third kappa shape index (κ3) is 2.60. The van der Waals surface area contributed by atoms with E-state index in [1.807, 2.05) is 26.1 Å². The first-order valence-electron chi connectivity index (χ1n) is 5.82.